The van der Waals surface area contributed by atoms with E-state index >= 15 is 0 Å². The maximum absolute atomic E-state index is 10.7. The molecule has 0 heterocycles. The van der Waals surface area contributed by atoms with Crippen LogP contribution in [-0.2, 0) is 0 Å². The molecule has 0 aliphatic rings. The van der Waals surface area contributed by atoms with Gasteiger partial charge in [-0.1, -0.05) is 0 Å². The molecular formula is C9H9NO3. The van der Waals surface area contributed by atoms with Crippen LogP contribution in [0.1, 0.15) is 26.3 Å². The molecule has 0 fully saturated rings. The maximum atomic E-state index is 10.7. The second-order valence-electron chi connectivity index (χ2n) is 2.71. The Labute approximate surface area is 75.0 Å². The van der Waals surface area contributed by atoms with Gasteiger partial charge in [-0.25, -0.2) is 4.79 Å². The lowest BCUT2D eigenvalue weighted by atomic mass is 10.0. The minimum Gasteiger partial charge on any atom is -0.478 e. The quantitative estimate of drug-likeness (QED) is 0.526. The molecule has 13 heavy (non-hydrogen) atoms. The van der Waals surface area contributed by atoms with E-state index in [4.69, 9.17) is 10.8 Å². The lowest BCUT2D eigenvalue weighted by Gasteiger charge is -2.04. The van der Waals surface area contributed by atoms with Crippen LogP contribution in [0.2, 0.25) is 0 Å². The second-order valence-corrected chi connectivity index (χ2v) is 2.71. The van der Waals surface area contributed by atoms with Crippen LogP contribution in [0.5, 0.6) is 0 Å². The Morgan fingerprint density at radius 1 is 1.54 bits per heavy atom. The molecule has 1 rings (SSSR count). The predicted octanol–water partition coefficient (Wildman–Crippen LogP) is 1.09. The highest BCUT2D eigenvalue weighted by molar-refractivity contribution is 5.93. The third-order valence-electron chi connectivity index (χ3n) is 1.84. The van der Waals surface area contributed by atoms with Gasteiger partial charge in [-0.15, -0.1) is 0 Å². The largest absolute Gasteiger partial charge is 0.478 e. The van der Waals surface area contributed by atoms with E-state index in [-0.39, 0.29) is 11.1 Å². The third kappa shape index (κ3) is 1.66. The first-order valence-corrected chi connectivity index (χ1v) is 3.65. The summed E-state index contributed by atoms with van der Waals surface area (Å²) in [5.74, 6) is -1.08. The van der Waals surface area contributed by atoms with E-state index in [0.717, 1.165) is 0 Å². The molecule has 0 radical (unpaired) electrons. The molecule has 4 nitrogen and oxygen atoms in total. The fourth-order valence-corrected chi connectivity index (χ4v) is 1.05. The Bertz CT molecular complexity index is 371. The molecule has 0 saturated carbocycles. The first kappa shape index (κ1) is 9.25. The van der Waals surface area contributed by atoms with Gasteiger partial charge in [0.15, 0.2) is 0 Å². The molecule has 0 bridgehead atoms. The number of nitrogen functional groups attached to an aromatic ring is 1. The summed E-state index contributed by atoms with van der Waals surface area (Å²) in [5, 5.41) is 8.74. The summed E-state index contributed by atoms with van der Waals surface area (Å²) < 4.78 is 0. The molecule has 1 aromatic rings. The van der Waals surface area contributed by atoms with Crippen LogP contribution in [0, 0.1) is 6.92 Å². The normalized spacial score (nSPS) is 9.62. The summed E-state index contributed by atoms with van der Waals surface area (Å²) in [5.41, 5.74) is 6.67. The number of carbonyl (C=O) groups excluding carboxylic acids is 1. The number of rotatable bonds is 2. The topological polar surface area (TPSA) is 80.4 Å². The zero-order chi connectivity index (χ0) is 10.0. The molecule has 0 amide bonds. The average molecular weight is 179 g/mol. The van der Waals surface area contributed by atoms with E-state index < -0.39 is 5.97 Å². The van der Waals surface area contributed by atoms with Gasteiger partial charge in [0.2, 0.25) is 0 Å². The summed E-state index contributed by atoms with van der Waals surface area (Å²) in [4.78, 5) is 21.1. The summed E-state index contributed by atoms with van der Waals surface area (Å²) in [7, 11) is 0. The summed E-state index contributed by atoms with van der Waals surface area (Å²) in [6, 6.07) is 2.76. The molecule has 0 aromatic heterocycles. The smallest absolute Gasteiger partial charge is 0.336 e. The Balaban J connectivity index is 3.41. The van der Waals surface area contributed by atoms with Crippen LogP contribution < -0.4 is 5.73 Å². The highest BCUT2D eigenvalue weighted by atomic mass is 16.4. The van der Waals surface area contributed by atoms with E-state index in [0.29, 0.717) is 17.5 Å². The average Bonchev–Trinajstić information content (AvgIpc) is 2.09. The summed E-state index contributed by atoms with van der Waals surface area (Å²) in [6.45, 7) is 1.60. The van der Waals surface area contributed by atoms with Crippen LogP contribution in [0.25, 0.3) is 0 Å². The number of aldehydes is 1. The van der Waals surface area contributed by atoms with Gasteiger partial charge in [-0.05, 0) is 24.6 Å². The number of aromatic carboxylic acids is 1. The Morgan fingerprint density at radius 2 is 2.15 bits per heavy atom. The van der Waals surface area contributed by atoms with E-state index in [1.54, 1.807) is 6.92 Å². The molecule has 0 saturated heterocycles. The number of hydrogen-bond donors (Lipinski definition) is 2. The predicted molar refractivity (Wildman–Crippen MR) is 47.9 cm³/mol. The molecule has 0 spiro atoms. The van der Waals surface area contributed by atoms with Gasteiger partial charge >= 0.3 is 5.97 Å². The molecule has 0 unspecified atom stereocenters. The zero-order valence-electron chi connectivity index (χ0n) is 7.07. The number of benzene rings is 1. The Hall–Kier alpha value is -1.84. The fraction of sp³-hybridized carbons (Fsp3) is 0.111. The van der Waals surface area contributed by atoms with Gasteiger partial charge in [-0.3, -0.25) is 4.79 Å². The Morgan fingerprint density at radius 3 is 2.62 bits per heavy atom. The lowest BCUT2D eigenvalue weighted by Crippen LogP contribution is -2.04. The van der Waals surface area contributed by atoms with Crippen LogP contribution in [0.4, 0.5) is 5.69 Å². The number of carboxylic acid groups (broad SMARTS) is 1. The minimum absolute atomic E-state index is 0.0714. The van der Waals surface area contributed by atoms with Crippen LogP contribution in [0.15, 0.2) is 12.1 Å². The van der Waals surface area contributed by atoms with Gasteiger partial charge in [-0.2, -0.15) is 0 Å². The van der Waals surface area contributed by atoms with Crippen molar-refractivity contribution < 1.29 is 14.7 Å². The number of carboxylic acids is 1. The minimum atomic E-state index is -1.08. The Kier molecular flexibility index (Phi) is 2.32. The number of nitrogens with two attached hydrogens (primary N) is 1. The lowest BCUT2D eigenvalue weighted by molar-refractivity contribution is 0.0696. The molecule has 0 aliphatic carbocycles. The van der Waals surface area contributed by atoms with E-state index in [1.165, 1.54) is 12.1 Å². The molecule has 4 heteroatoms. The summed E-state index contributed by atoms with van der Waals surface area (Å²) in [6.07, 6.45) is 0.572. The third-order valence-corrected chi connectivity index (χ3v) is 1.84. The van der Waals surface area contributed by atoms with Crippen LogP contribution >= 0.6 is 0 Å². The van der Waals surface area contributed by atoms with Crippen molar-refractivity contribution in [3.8, 4) is 0 Å². The maximum Gasteiger partial charge on any atom is 0.336 e. The van der Waals surface area contributed by atoms with Gasteiger partial charge in [0.25, 0.3) is 0 Å². The number of hydrogen-bond acceptors (Lipinski definition) is 3. The first-order valence-electron chi connectivity index (χ1n) is 3.65. The van der Waals surface area contributed by atoms with Crippen molar-refractivity contribution in [2.75, 3.05) is 5.73 Å². The van der Waals surface area contributed by atoms with Gasteiger partial charge in [0.05, 0.1) is 5.56 Å². The highest BCUT2D eigenvalue weighted by Gasteiger charge is 2.10. The van der Waals surface area contributed by atoms with Gasteiger partial charge in [0.1, 0.15) is 6.29 Å². The second kappa shape index (κ2) is 3.26. The van der Waals surface area contributed by atoms with E-state index in [1.807, 2.05) is 0 Å². The van der Waals surface area contributed by atoms with Crippen molar-refractivity contribution in [2.24, 2.45) is 0 Å². The van der Waals surface area contributed by atoms with E-state index in [9.17, 15) is 9.59 Å². The molecule has 1 aromatic carbocycles. The molecule has 3 N–H and O–H groups in total. The molecule has 0 atom stereocenters. The molecule has 0 aliphatic heterocycles. The standard InChI is InChI=1S/C9H9NO3/c1-5-7(9(12)13)2-6(4-11)3-8(5)10/h2-4H,10H2,1H3,(H,12,13). The van der Waals surface area contributed by atoms with E-state index in [2.05, 4.69) is 0 Å². The van der Waals surface area contributed by atoms with Crippen LogP contribution in [-0.4, -0.2) is 17.4 Å². The number of anilines is 1. The number of carbonyl (C=O) groups is 2. The highest BCUT2D eigenvalue weighted by Crippen LogP contribution is 2.17. The van der Waals surface area contributed by atoms with Crippen molar-refractivity contribution in [2.45, 2.75) is 6.92 Å². The first-order chi connectivity index (χ1) is 6.06. The van der Waals surface area contributed by atoms with Crippen molar-refractivity contribution in [1.82, 2.24) is 0 Å². The zero-order valence-corrected chi connectivity index (χ0v) is 7.07. The molecule has 68 valence electrons. The van der Waals surface area contributed by atoms with Gasteiger partial charge in [0, 0.05) is 11.3 Å². The van der Waals surface area contributed by atoms with Crippen molar-refractivity contribution in [1.29, 1.82) is 0 Å². The van der Waals surface area contributed by atoms with Crippen molar-refractivity contribution >= 4 is 17.9 Å². The summed E-state index contributed by atoms with van der Waals surface area (Å²) >= 11 is 0. The van der Waals surface area contributed by atoms with Crippen molar-refractivity contribution in [3.63, 3.8) is 0 Å². The molecular weight excluding hydrogens is 170 g/mol. The SMILES string of the molecule is Cc1c(N)cc(C=O)cc1C(=O)O. The van der Waals surface area contributed by atoms with Crippen molar-refractivity contribution in [3.05, 3.63) is 28.8 Å². The van der Waals surface area contributed by atoms with Crippen LogP contribution in [0.3, 0.4) is 0 Å². The fourth-order valence-electron chi connectivity index (χ4n) is 1.05. The monoisotopic (exact) mass is 179 g/mol. The van der Waals surface area contributed by atoms with Gasteiger partial charge < -0.3 is 10.8 Å².